The second kappa shape index (κ2) is 9.42. The van der Waals surface area contributed by atoms with Crippen LogP contribution in [0.3, 0.4) is 0 Å². The number of aromatic nitrogens is 1. The minimum atomic E-state index is -0.478. The van der Waals surface area contributed by atoms with Crippen molar-refractivity contribution in [3.63, 3.8) is 0 Å². The summed E-state index contributed by atoms with van der Waals surface area (Å²) >= 11 is 0. The fraction of sp³-hybridized carbons (Fsp3) is 0.348. The largest absolute Gasteiger partial charge is 0.376 e. The van der Waals surface area contributed by atoms with Crippen molar-refractivity contribution in [3.05, 3.63) is 52.9 Å². The first kappa shape index (κ1) is 21.3. The van der Waals surface area contributed by atoms with Gasteiger partial charge in [-0.15, -0.1) is 0 Å². The number of hydrogen-bond acceptors (Lipinski definition) is 4. The molecule has 156 valence electrons. The third-order valence-corrected chi connectivity index (χ3v) is 5.15. The molecule has 0 radical (unpaired) electrons. The van der Waals surface area contributed by atoms with Crippen molar-refractivity contribution in [2.45, 2.75) is 46.3 Å². The monoisotopic (exact) mass is 406 g/mol. The second-order valence-electron chi connectivity index (χ2n) is 7.45. The summed E-state index contributed by atoms with van der Waals surface area (Å²) in [5.41, 5.74) is 4.12. The number of carbonyl (C=O) groups excluding carboxylic acids is 2. The average molecular weight is 406 g/mol. The molecule has 0 saturated carbocycles. The van der Waals surface area contributed by atoms with Gasteiger partial charge in [0.2, 0.25) is 5.91 Å². The first-order valence-corrected chi connectivity index (χ1v) is 9.96. The molecular weight excluding hydrogens is 380 g/mol. The maximum atomic E-state index is 12.6. The molecule has 0 aliphatic carbocycles. The van der Waals surface area contributed by atoms with Crippen LogP contribution in [0.25, 0.3) is 6.08 Å². The highest BCUT2D eigenvalue weighted by Gasteiger charge is 2.19. The molecule has 7 heteroatoms. The molecule has 2 aromatic rings. The third kappa shape index (κ3) is 5.16. The van der Waals surface area contributed by atoms with Crippen LogP contribution in [0.4, 0.5) is 11.4 Å². The van der Waals surface area contributed by atoms with E-state index >= 15 is 0 Å². The number of nitrogens with one attached hydrogen (secondary N) is 2. The number of ether oxygens (including phenoxy) is 1. The van der Waals surface area contributed by atoms with E-state index in [4.69, 9.17) is 4.74 Å². The Kier molecular flexibility index (Phi) is 6.70. The summed E-state index contributed by atoms with van der Waals surface area (Å²) in [6, 6.07) is 10.7. The number of anilines is 2. The highest BCUT2D eigenvalue weighted by atomic mass is 16.5. The Balaban J connectivity index is 1.74. The molecule has 0 unspecified atom stereocenters. The lowest BCUT2D eigenvalue weighted by Crippen LogP contribution is -2.17. The molecule has 0 spiro atoms. The third-order valence-electron chi connectivity index (χ3n) is 5.15. The van der Waals surface area contributed by atoms with Crippen molar-refractivity contribution >= 4 is 29.3 Å². The number of amides is 2. The van der Waals surface area contributed by atoms with Crippen molar-refractivity contribution in [1.29, 1.82) is 5.26 Å². The summed E-state index contributed by atoms with van der Waals surface area (Å²) < 4.78 is 7.91. The van der Waals surface area contributed by atoms with E-state index in [1.165, 1.54) is 6.92 Å². The number of aryl methyl sites for hydroxylation is 1. The normalized spacial score (nSPS) is 16.2. The van der Waals surface area contributed by atoms with Gasteiger partial charge >= 0.3 is 0 Å². The van der Waals surface area contributed by atoms with Crippen molar-refractivity contribution in [2.24, 2.45) is 0 Å². The Morgan fingerprint density at radius 1 is 1.23 bits per heavy atom. The lowest BCUT2D eigenvalue weighted by atomic mass is 10.1. The maximum absolute atomic E-state index is 12.6. The number of nitriles is 1. The van der Waals surface area contributed by atoms with Gasteiger partial charge in [0.25, 0.3) is 5.91 Å². The average Bonchev–Trinajstić information content (AvgIpc) is 3.31. The summed E-state index contributed by atoms with van der Waals surface area (Å²) in [6.07, 6.45) is 3.97. The first-order chi connectivity index (χ1) is 14.4. The van der Waals surface area contributed by atoms with Gasteiger partial charge in [-0.2, -0.15) is 5.26 Å². The zero-order chi connectivity index (χ0) is 21.7. The van der Waals surface area contributed by atoms with Crippen LogP contribution in [-0.4, -0.2) is 29.1 Å². The molecular formula is C23H26N4O3. The summed E-state index contributed by atoms with van der Waals surface area (Å²) in [5.74, 6) is -0.646. The molecule has 1 saturated heterocycles. The van der Waals surface area contributed by atoms with Crippen LogP contribution in [0.5, 0.6) is 0 Å². The predicted octanol–water partition coefficient (Wildman–Crippen LogP) is 3.79. The summed E-state index contributed by atoms with van der Waals surface area (Å²) in [6.45, 7) is 7.02. The lowest BCUT2D eigenvalue weighted by Gasteiger charge is -2.14. The standard InChI is InChI=1S/C23H26N4O3/c1-15-11-18(16(2)27(15)14-22-5-4-10-30-22)12-19(13-24)23(29)26-21-8-6-20(7-9-21)25-17(3)28/h6-9,11-12,22H,4-5,10,14H2,1-3H3,(H,25,28)(H,26,29)/b19-12+/t22-/m1/s1. The fourth-order valence-corrected chi connectivity index (χ4v) is 3.59. The molecule has 1 aromatic carbocycles. The molecule has 7 nitrogen and oxygen atoms in total. The Hall–Kier alpha value is -3.37. The molecule has 30 heavy (non-hydrogen) atoms. The number of nitrogens with zero attached hydrogens (tertiary/aromatic N) is 2. The van der Waals surface area contributed by atoms with Crippen LogP contribution in [0, 0.1) is 25.2 Å². The van der Waals surface area contributed by atoms with Gasteiger partial charge in [-0.1, -0.05) is 0 Å². The van der Waals surface area contributed by atoms with Crippen molar-refractivity contribution in [2.75, 3.05) is 17.2 Å². The quantitative estimate of drug-likeness (QED) is 0.563. The fourth-order valence-electron chi connectivity index (χ4n) is 3.59. The Morgan fingerprint density at radius 3 is 2.47 bits per heavy atom. The van der Waals surface area contributed by atoms with Crippen molar-refractivity contribution in [3.8, 4) is 6.07 Å². The SMILES string of the molecule is CC(=O)Nc1ccc(NC(=O)/C(C#N)=C/c2cc(C)n(C[C@H]3CCCO3)c2C)cc1. The van der Waals surface area contributed by atoms with Gasteiger partial charge < -0.3 is 19.9 Å². The van der Waals surface area contributed by atoms with Gasteiger partial charge in [-0.05, 0) is 68.7 Å². The van der Waals surface area contributed by atoms with Gasteiger partial charge in [0, 0.05) is 42.8 Å². The van der Waals surface area contributed by atoms with Crippen LogP contribution in [-0.2, 0) is 20.9 Å². The smallest absolute Gasteiger partial charge is 0.266 e. The minimum absolute atomic E-state index is 0.0262. The van der Waals surface area contributed by atoms with Gasteiger partial charge in [0.15, 0.2) is 0 Å². The van der Waals surface area contributed by atoms with Crippen LogP contribution in [0.15, 0.2) is 35.9 Å². The topological polar surface area (TPSA) is 96.2 Å². The summed E-state index contributed by atoms with van der Waals surface area (Å²) in [7, 11) is 0. The summed E-state index contributed by atoms with van der Waals surface area (Å²) in [4.78, 5) is 23.7. The predicted molar refractivity (Wildman–Crippen MR) is 116 cm³/mol. The molecule has 1 aromatic heterocycles. The number of carbonyl (C=O) groups is 2. The van der Waals surface area contributed by atoms with Gasteiger partial charge in [-0.25, -0.2) is 0 Å². The first-order valence-electron chi connectivity index (χ1n) is 9.96. The van der Waals surface area contributed by atoms with E-state index in [-0.39, 0.29) is 17.6 Å². The lowest BCUT2D eigenvalue weighted by molar-refractivity contribution is -0.114. The molecule has 2 amide bonds. The minimum Gasteiger partial charge on any atom is -0.376 e. The Morgan fingerprint density at radius 2 is 1.90 bits per heavy atom. The molecule has 1 aliphatic rings. The molecule has 1 fully saturated rings. The number of hydrogen-bond donors (Lipinski definition) is 2. The molecule has 2 N–H and O–H groups in total. The van der Waals surface area contributed by atoms with E-state index in [9.17, 15) is 14.9 Å². The Bertz CT molecular complexity index is 1010. The van der Waals surface area contributed by atoms with Crippen LogP contribution >= 0.6 is 0 Å². The van der Waals surface area contributed by atoms with E-state index in [1.54, 1.807) is 30.3 Å². The van der Waals surface area contributed by atoms with Gasteiger partial charge in [0.1, 0.15) is 11.6 Å². The molecule has 1 atom stereocenters. The van der Waals surface area contributed by atoms with E-state index in [1.807, 2.05) is 26.0 Å². The highest BCUT2D eigenvalue weighted by Crippen LogP contribution is 2.22. The van der Waals surface area contributed by atoms with E-state index in [0.717, 1.165) is 42.9 Å². The highest BCUT2D eigenvalue weighted by molar-refractivity contribution is 6.09. The van der Waals surface area contributed by atoms with Crippen molar-refractivity contribution < 1.29 is 14.3 Å². The molecule has 3 rings (SSSR count). The second-order valence-corrected chi connectivity index (χ2v) is 7.45. The Labute approximate surface area is 176 Å². The van der Waals surface area contributed by atoms with E-state index < -0.39 is 5.91 Å². The van der Waals surface area contributed by atoms with Crippen LogP contribution in [0.2, 0.25) is 0 Å². The molecule has 1 aliphatic heterocycles. The van der Waals surface area contributed by atoms with Crippen molar-refractivity contribution in [1.82, 2.24) is 4.57 Å². The molecule has 2 heterocycles. The molecule has 0 bridgehead atoms. The maximum Gasteiger partial charge on any atom is 0.266 e. The van der Waals surface area contributed by atoms with Gasteiger partial charge in [-0.3, -0.25) is 9.59 Å². The zero-order valence-electron chi connectivity index (χ0n) is 17.5. The number of benzene rings is 1. The number of rotatable bonds is 6. The van der Waals surface area contributed by atoms with E-state index in [0.29, 0.717) is 11.4 Å². The van der Waals surface area contributed by atoms with Gasteiger partial charge in [0.05, 0.1) is 6.10 Å². The van der Waals surface area contributed by atoms with E-state index in [2.05, 4.69) is 15.2 Å². The summed E-state index contributed by atoms with van der Waals surface area (Å²) in [5, 5.41) is 14.9. The zero-order valence-corrected chi connectivity index (χ0v) is 17.5. The van der Waals surface area contributed by atoms with Crippen LogP contribution in [0.1, 0.15) is 36.7 Å². The van der Waals surface area contributed by atoms with Crippen LogP contribution < -0.4 is 10.6 Å².